The second-order valence-corrected chi connectivity index (χ2v) is 5.49. The number of fused-ring (bicyclic) bond motifs is 2. The molecular formula is C15H20FNO. The molecule has 2 bridgehead atoms. The van der Waals surface area contributed by atoms with E-state index in [4.69, 9.17) is 4.74 Å². The molecule has 1 aromatic rings. The van der Waals surface area contributed by atoms with E-state index < -0.39 is 6.67 Å². The molecule has 0 amide bonds. The molecule has 3 rings (SSSR count). The molecule has 2 aliphatic heterocycles. The summed E-state index contributed by atoms with van der Waals surface area (Å²) in [4.78, 5) is 0. The van der Waals surface area contributed by atoms with E-state index in [-0.39, 0.29) is 0 Å². The Bertz CT molecular complexity index is 380. The average molecular weight is 249 g/mol. The zero-order valence-corrected chi connectivity index (χ0v) is 10.6. The summed E-state index contributed by atoms with van der Waals surface area (Å²) in [5.41, 5.74) is 1.87. The van der Waals surface area contributed by atoms with Crippen LogP contribution in [0.2, 0.25) is 0 Å². The van der Waals surface area contributed by atoms with Crippen LogP contribution < -0.4 is 5.32 Å². The van der Waals surface area contributed by atoms with Gasteiger partial charge >= 0.3 is 0 Å². The summed E-state index contributed by atoms with van der Waals surface area (Å²) in [6.07, 6.45) is 5.27. The second kappa shape index (κ2) is 5.37. The van der Waals surface area contributed by atoms with Crippen LogP contribution in [0.3, 0.4) is 0 Å². The van der Waals surface area contributed by atoms with Gasteiger partial charge < -0.3 is 10.1 Å². The Morgan fingerprint density at radius 3 is 2.28 bits per heavy atom. The molecule has 1 N–H and O–H groups in total. The topological polar surface area (TPSA) is 21.3 Å². The fourth-order valence-corrected chi connectivity index (χ4v) is 3.08. The normalized spacial score (nSPS) is 30.6. The van der Waals surface area contributed by atoms with Crippen molar-refractivity contribution in [2.24, 2.45) is 0 Å². The van der Waals surface area contributed by atoms with Gasteiger partial charge in [-0.05, 0) is 36.8 Å². The third-order valence-electron chi connectivity index (χ3n) is 4.09. The summed E-state index contributed by atoms with van der Waals surface area (Å²) in [5, 5.41) is 3.61. The molecule has 2 nitrogen and oxygen atoms in total. The Labute approximate surface area is 108 Å². The van der Waals surface area contributed by atoms with Crippen LogP contribution in [-0.2, 0) is 18.0 Å². The van der Waals surface area contributed by atoms with Crippen LogP contribution in [0.1, 0.15) is 36.8 Å². The predicted molar refractivity (Wildman–Crippen MR) is 69.0 cm³/mol. The van der Waals surface area contributed by atoms with Crippen molar-refractivity contribution in [2.75, 3.05) is 0 Å². The largest absolute Gasteiger partial charge is 0.373 e. The van der Waals surface area contributed by atoms with E-state index in [1.54, 1.807) is 0 Å². The number of alkyl halides is 1. The SMILES string of the molecule is FCc1ccc(COC2C[C@H]3CC[C@@H](C2)N3)cc1. The van der Waals surface area contributed by atoms with Crippen LogP contribution in [0.4, 0.5) is 4.39 Å². The first-order chi connectivity index (χ1) is 8.83. The minimum Gasteiger partial charge on any atom is -0.373 e. The molecule has 18 heavy (non-hydrogen) atoms. The lowest BCUT2D eigenvalue weighted by atomic mass is 10.0. The molecule has 0 saturated carbocycles. The van der Waals surface area contributed by atoms with Crippen molar-refractivity contribution in [3.63, 3.8) is 0 Å². The lowest BCUT2D eigenvalue weighted by Gasteiger charge is -2.29. The Hall–Kier alpha value is -0.930. The van der Waals surface area contributed by atoms with Crippen molar-refractivity contribution in [1.82, 2.24) is 5.32 Å². The number of benzene rings is 1. The van der Waals surface area contributed by atoms with Gasteiger partial charge in [-0.15, -0.1) is 0 Å². The minimum absolute atomic E-state index is 0.390. The van der Waals surface area contributed by atoms with Crippen LogP contribution in [0.5, 0.6) is 0 Å². The first-order valence-corrected chi connectivity index (χ1v) is 6.85. The highest BCUT2D eigenvalue weighted by atomic mass is 19.1. The van der Waals surface area contributed by atoms with Gasteiger partial charge in [0.05, 0.1) is 12.7 Å². The van der Waals surface area contributed by atoms with Crippen molar-refractivity contribution >= 4 is 0 Å². The van der Waals surface area contributed by atoms with E-state index in [9.17, 15) is 4.39 Å². The third-order valence-corrected chi connectivity index (χ3v) is 4.09. The summed E-state index contributed by atoms with van der Waals surface area (Å²) in [6.45, 7) is 0.259. The lowest BCUT2D eigenvalue weighted by molar-refractivity contribution is 0.00916. The van der Waals surface area contributed by atoms with E-state index in [0.717, 1.165) is 24.0 Å². The highest BCUT2D eigenvalue weighted by Crippen LogP contribution is 2.28. The molecule has 0 spiro atoms. The highest BCUT2D eigenvalue weighted by Gasteiger charge is 2.33. The first kappa shape index (κ1) is 12.1. The van der Waals surface area contributed by atoms with Crippen molar-refractivity contribution in [2.45, 2.75) is 57.2 Å². The maximum absolute atomic E-state index is 12.4. The van der Waals surface area contributed by atoms with Gasteiger partial charge in [0.2, 0.25) is 0 Å². The molecule has 3 atom stereocenters. The number of rotatable bonds is 4. The van der Waals surface area contributed by atoms with E-state index in [1.807, 2.05) is 24.3 Å². The number of hydrogen-bond acceptors (Lipinski definition) is 2. The third kappa shape index (κ3) is 2.73. The summed E-state index contributed by atoms with van der Waals surface area (Å²) < 4.78 is 18.4. The first-order valence-electron chi connectivity index (χ1n) is 6.85. The summed E-state index contributed by atoms with van der Waals surface area (Å²) in [5.74, 6) is 0. The number of nitrogens with one attached hydrogen (secondary N) is 1. The number of ether oxygens (including phenoxy) is 1. The van der Waals surface area contributed by atoms with Crippen molar-refractivity contribution in [3.8, 4) is 0 Å². The maximum Gasteiger partial charge on any atom is 0.115 e. The monoisotopic (exact) mass is 249 g/mol. The number of piperidine rings is 1. The Balaban J connectivity index is 1.51. The van der Waals surface area contributed by atoms with Gasteiger partial charge in [0.1, 0.15) is 6.67 Å². The molecule has 0 aliphatic carbocycles. The molecule has 1 aromatic carbocycles. The molecule has 2 aliphatic rings. The quantitative estimate of drug-likeness (QED) is 0.885. The molecule has 0 aromatic heterocycles. The fourth-order valence-electron chi connectivity index (χ4n) is 3.08. The maximum atomic E-state index is 12.4. The highest BCUT2D eigenvalue weighted by molar-refractivity contribution is 5.21. The Morgan fingerprint density at radius 1 is 1.06 bits per heavy atom. The molecule has 2 saturated heterocycles. The molecule has 98 valence electrons. The zero-order chi connectivity index (χ0) is 12.4. The molecular weight excluding hydrogens is 229 g/mol. The van der Waals surface area contributed by atoms with Gasteiger partial charge in [0.25, 0.3) is 0 Å². The molecule has 3 heteroatoms. The van der Waals surface area contributed by atoms with Crippen molar-refractivity contribution in [3.05, 3.63) is 35.4 Å². The van der Waals surface area contributed by atoms with E-state index in [0.29, 0.717) is 24.8 Å². The van der Waals surface area contributed by atoms with Crippen LogP contribution in [-0.4, -0.2) is 18.2 Å². The second-order valence-electron chi connectivity index (χ2n) is 5.49. The standard InChI is InChI=1S/C15H20FNO/c16-9-11-1-3-12(4-2-11)10-18-15-7-13-5-6-14(8-15)17-13/h1-4,13-15,17H,5-10H2/t13-,14+,15?. The van der Waals surface area contributed by atoms with Gasteiger partial charge in [-0.3, -0.25) is 0 Å². The molecule has 0 radical (unpaired) electrons. The Kier molecular flexibility index (Phi) is 3.62. The number of hydrogen-bond donors (Lipinski definition) is 1. The van der Waals surface area contributed by atoms with Gasteiger partial charge in [-0.2, -0.15) is 0 Å². The Morgan fingerprint density at radius 2 is 1.67 bits per heavy atom. The molecule has 1 unspecified atom stereocenters. The fraction of sp³-hybridized carbons (Fsp3) is 0.600. The van der Waals surface area contributed by atoms with Crippen LogP contribution >= 0.6 is 0 Å². The van der Waals surface area contributed by atoms with Gasteiger partial charge in [-0.25, -0.2) is 4.39 Å². The summed E-state index contributed by atoms with van der Waals surface area (Å²) in [7, 11) is 0. The van der Waals surface area contributed by atoms with E-state index >= 15 is 0 Å². The average Bonchev–Trinajstić information content (AvgIpc) is 2.76. The van der Waals surface area contributed by atoms with Gasteiger partial charge in [0.15, 0.2) is 0 Å². The van der Waals surface area contributed by atoms with E-state index in [1.165, 1.54) is 12.8 Å². The van der Waals surface area contributed by atoms with Crippen LogP contribution in [0.25, 0.3) is 0 Å². The minimum atomic E-state index is -0.390. The van der Waals surface area contributed by atoms with Crippen molar-refractivity contribution in [1.29, 1.82) is 0 Å². The van der Waals surface area contributed by atoms with Gasteiger partial charge in [-0.1, -0.05) is 24.3 Å². The summed E-state index contributed by atoms with van der Waals surface area (Å²) in [6, 6.07) is 8.94. The number of halogens is 1. The lowest BCUT2D eigenvalue weighted by Crippen LogP contribution is -2.41. The van der Waals surface area contributed by atoms with Crippen molar-refractivity contribution < 1.29 is 9.13 Å². The van der Waals surface area contributed by atoms with E-state index in [2.05, 4.69) is 5.32 Å². The predicted octanol–water partition coefficient (Wildman–Crippen LogP) is 2.96. The van der Waals surface area contributed by atoms with Crippen LogP contribution in [0.15, 0.2) is 24.3 Å². The smallest absolute Gasteiger partial charge is 0.115 e. The molecule has 2 fully saturated rings. The zero-order valence-electron chi connectivity index (χ0n) is 10.6. The summed E-state index contributed by atoms with van der Waals surface area (Å²) >= 11 is 0. The molecule has 2 heterocycles. The van der Waals surface area contributed by atoms with Gasteiger partial charge in [0, 0.05) is 12.1 Å². The van der Waals surface area contributed by atoms with Crippen LogP contribution in [0, 0.1) is 0 Å².